The zero-order valence-electron chi connectivity index (χ0n) is 6.49. The Labute approximate surface area is 70.1 Å². The van der Waals surface area contributed by atoms with Crippen LogP contribution in [0.4, 0.5) is 0 Å². The minimum atomic E-state index is 1.16. The summed E-state index contributed by atoms with van der Waals surface area (Å²) in [6, 6.07) is 8.05. The van der Waals surface area contributed by atoms with Crippen LogP contribution >= 0.6 is 0 Å². The quantitative estimate of drug-likeness (QED) is 0.554. The molecule has 0 spiro atoms. The molecule has 0 saturated carbocycles. The molecule has 0 atom stereocenters. The Morgan fingerprint density at radius 3 is 2.00 bits per heavy atom. The molecule has 0 bridgehead atoms. The smallest absolute Gasteiger partial charge is 0.116 e. The summed E-state index contributed by atoms with van der Waals surface area (Å²) in [7, 11) is 0. The lowest BCUT2D eigenvalue weighted by Crippen LogP contribution is -1.57. The molecule has 2 nitrogen and oxygen atoms in total. The van der Waals surface area contributed by atoms with Gasteiger partial charge in [0, 0.05) is 10.8 Å². The van der Waals surface area contributed by atoms with Crippen molar-refractivity contribution < 1.29 is 9.21 Å². The standard InChI is InChI=1S/C8H6O.C2H2O/c1-2-4-8-6-9-5-7(8)3-1;1-2-3/h1-6H;1H2. The van der Waals surface area contributed by atoms with E-state index in [1.165, 1.54) is 5.94 Å². The van der Waals surface area contributed by atoms with Gasteiger partial charge in [-0.3, -0.25) is 0 Å². The third kappa shape index (κ3) is 1.84. The number of rotatable bonds is 0. The van der Waals surface area contributed by atoms with E-state index in [0.717, 1.165) is 10.8 Å². The molecule has 0 saturated heterocycles. The first-order valence-corrected chi connectivity index (χ1v) is 3.43. The molecule has 0 unspecified atom stereocenters. The third-order valence-corrected chi connectivity index (χ3v) is 1.39. The van der Waals surface area contributed by atoms with Crippen molar-refractivity contribution in [1.82, 2.24) is 0 Å². The van der Waals surface area contributed by atoms with Crippen molar-refractivity contribution >= 4 is 16.7 Å². The Hall–Kier alpha value is -1.79. The highest BCUT2D eigenvalue weighted by Gasteiger charge is 1.89. The van der Waals surface area contributed by atoms with E-state index in [2.05, 4.69) is 6.58 Å². The zero-order chi connectivity index (χ0) is 8.81. The van der Waals surface area contributed by atoms with Gasteiger partial charge in [-0.2, -0.15) is 0 Å². The van der Waals surface area contributed by atoms with Crippen LogP contribution in [0.5, 0.6) is 0 Å². The molecule has 0 amide bonds. The Bertz CT molecular complexity index is 351. The average Bonchev–Trinajstić information content (AvgIpc) is 2.52. The van der Waals surface area contributed by atoms with Crippen LogP contribution in [0.2, 0.25) is 0 Å². The second-order valence-corrected chi connectivity index (χ2v) is 2.15. The lowest BCUT2D eigenvalue weighted by molar-refractivity contribution is 0.569. The first kappa shape index (κ1) is 8.31. The lowest BCUT2D eigenvalue weighted by Gasteiger charge is -1.80. The molecule has 1 aromatic heterocycles. The molecule has 0 aliphatic heterocycles. The van der Waals surface area contributed by atoms with E-state index >= 15 is 0 Å². The number of hydrogen-bond acceptors (Lipinski definition) is 2. The predicted molar refractivity (Wildman–Crippen MR) is 47.5 cm³/mol. The van der Waals surface area contributed by atoms with E-state index in [1.807, 2.05) is 24.3 Å². The van der Waals surface area contributed by atoms with Gasteiger partial charge in [0.25, 0.3) is 0 Å². The van der Waals surface area contributed by atoms with Gasteiger partial charge < -0.3 is 4.42 Å². The highest BCUT2D eigenvalue weighted by Crippen LogP contribution is 2.12. The molecule has 1 heterocycles. The van der Waals surface area contributed by atoms with E-state index in [0.29, 0.717) is 0 Å². The Balaban J connectivity index is 0.000000213. The monoisotopic (exact) mass is 160 g/mol. The summed E-state index contributed by atoms with van der Waals surface area (Å²) in [6.07, 6.45) is 3.49. The molecule has 1 aromatic carbocycles. The van der Waals surface area contributed by atoms with Crippen molar-refractivity contribution in [3.63, 3.8) is 0 Å². The van der Waals surface area contributed by atoms with Gasteiger partial charge in [-0.25, -0.2) is 4.79 Å². The van der Waals surface area contributed by atoms with Gasteiger partial charge in [-0.1, -0.05) is 24.3 Å². The van der Waals surface area contributed by atoms with Crippen LogP contribution < -0.4 is 0 Å². The number of furan rings is 1. The molecular formula is C10H8O2. The van der Waals surface area contributed by atoms with E-state index in [1.54, 1.807) is 12.5 Å². The van der Waals surface area contributed by atoms with Crippen molar-refractivity contribution in [3.05, 3.63) is 43.4 Å². The maximum absolute atomic E-state index is 8.57. The molecule has 2 rings (SSSR count). The molecular weight excluding hydrogens is 152 g/mol. The van der Waals surface area contributed by atoms with Gasteiger partial charge in [0.15, 0.2) is 0 Å². The molecule has 0 N–H and O–H groups in total. The minimum absolute atomic E-state index is 1.16. The van der Waals surface area contributed by atoms with E-state index in [-0.39, 0.29) is 0 Å². The SMILES string of the molecule is C=C=O.c1ccc2cocc2c1. The predicted octanol–water partition coefficient (Wildman–Crippen LogP) is 2.44. The van der Waals surface area contributed by atoms with Crippen LogP contribution in [-0.2, 0) is 4.79 Å². The molecule has 0 fully saturated rings. The first-order valence-electron chi connectivity index (χ1n) is 3.43. The molecule has 2 aromatic rings. The Morgan fingerprint density at radius 1 is 1.17 bits per heavy atom. The molecule has 12 heavy (non-hydrogen) atoms. The zero-order valence-corrected chi connectivity index (χ0v) is 6.49. The average molecular weight is 160 g/mol. The largest absolute Gasteiger partial charge is 0.471 e. The van der Waals surface area contributed by atoms with Crippen LogP contribution in [0.15, 0.2) is 47.8 Å². The maximum Gasteiger partial charge on any atom is 0.116 e. The van der Waals surface area contributed by atoms with Gasteiger partial charge in [0.05, 0.1) is 12.5 Å². The van der Waals surface area contributed by atoms with Crippen molar-refractivity contribution in [2.75, 3.05) is 0 Å². The van der Waals surface area contributed by atoms with Crippen molar-refractivity contribution in [2.45, 2.75) is 0 Å². The summed E-state index contributed by atoms with van der Waals surface area (Å²) in [5.74, 6) is 1.25. The molecule has 60 valence electrons. The van der Waals surface area contributed by atoms with Gasteiger partial charge >= 0.3 is 0 Å². The fourth-order valence-electron chi connectivity index (χ4n) is 0.906. The van der Waals surface area contributed by atoms with Crippen molar-refractivity contribution in [1.29, 1.82) is 0 Å². The maximum atomic E-state index is 8.57. The molecule has 0 aliphatic rings. The van der Waals surface area contributed by atoms with Crippen molar-refractivity contribution in [2.24, 2.45) is 0 Å². The van der Waals surface area contributed by atoms with Gasteiger partial charge in [0.1, 0.15) is 5.94 Å². The third-order valence-electron chi connectivity index (χ3n) is 1.39. The van der Waals surface area contributed by atoms with Crippen LogP contribution in [-0.4, -0.2) is 5.94 Å². The summed E-state index contributed by atoms with van der Waals surface area (Å²) in [5.41, 5.74) is 0. The summed E-state index contributed by atoms with van der Waals surface area (Å²) < 4.78 is 4.96. The Kier molecular flexibility index (Phi) is 2.88. The first-order chi connectivity index (χ1) is 5.88. The molecule has 2 heteroatoms. The van der Waals surface area contributed by atoms with E-state index in [4.69, 9.17) is 9.21 Å². The highest BCUT2D eigenvalue weighted by atomic mass is 16.3. The number of hydrogen-bond donors (Lipinski definition) is 0. The second kappa shape index (κ2) is 4.16. The highest BCUT2D eigenvalue weighted by molar-refractivity contribution is 5.80. The number of benzene rings is 1. The number of fused-ring (bicyclic) bond motifs is 1. The summed E-state index contributed by atoms with van der Waals surface area (Å²) in [6.45, 7) is 2.68. The van der Waals surface area contributed by atoms with Gasteiger partial charge in [0.2, 0.25) is 0 Å². The summed E-state index contributed by atoms with van der Waals surface area (Å²) in [4.78, 5) is 8.57. The fraction of sp³-hybridized carbons (Fsp3) is 0. The van der Waals surface area contributed by atoms with E-state index < -0.39 is 0 Å². The van der Waals surface area contributed by atoms with Gasteiger partial charge in [-0.15, -0.1) is 0 Å². The number of carbonyl (C=O) groups excluding carboxylic acids is 1. The fourth-order valence-corrected chi connectivity index (χ4v) is 0.906. The van der Waals surface area contributed by atoms with Crippen LogP contribution in [0.25, 0.3) is 10.8 Å². The molecule has 0 aliphatic carbocycles. The lowest BCUT2D eigenvalue weighted by atomic mass is 10.2. The normalized spacial score (nSPS) is 8.33. The van der Waals surface area contributed by atoms with Crippen molar-refractivity contribution in [3.8, 4) is 0 Å². The summed E-state index contributed by atoms with van der Waals surface area (Å²) in [5, 5.41) is 2.33. The summed E-state index contributed by atoms with van der Waals surface area (Å²) >= 11 is 0. The Morgan fingerprint density at radius 2 is 1.58 bits per heavy atom. The van der Waals surface area contributed by atoms with Crippen LogP contribution in [0, 0.1) is 0 Å². The van der Waals surface area contributed by atoms with Crippen LogP contribution in [0.3, 0.4) is 0 Å². The minimum Gasteiger partial charge on any atom is -0.471 e. The topological polar surface area (TPSA) is 30.2 Å². The van der Waals surface area contributed by atoms with Crippen LogP contribution in [0.1, 0.15) is 0 Å². The molecule has 0 radical (unpaired) electrons. The van der Waals surface area contributed by atoms with E-state index in [9.17, 15) is 0 Å². The second-order valence-electron chi connectivity index (χ2n) is 2.15. The van der Waals surface area contributed by atoms with Gasteiger partial charge in [-0.05, 0) is 6.58 Å².